The topological polar surface area (TPSA) is 50.7 Å². The van der Waals surface area contributed by atoms with Crippen LogP contribution in [0.15, 0.2) is 67.1 Å². The number of aromatic nitrogens is 3. The number of anilines is 1. The molecule has 0 spiro atoms. The Morgan fingerprint density at radius 2 is 1.67 bits per heavy atom. The van der Waals surface area contributed by atoms with Gasteiger partial charge in [0.25, 0.3) is 0 Å². The van der Waals surface area contributed by atoms with E-state index in [4.69, 9.17) is 0 Å². The minimum atomic E-state index is -0.0755. The monoisotopic (exact) mass is 276 g/mol. The molecule has 0 fully saturated rings. The van der Waals surface area contributed by atoms with E-state index < -0.39 is 0 Å². The zero-order valence-corrected chi connectivity index (χ0v) is 11.8. The van der Waals surface area contributed by atoms with Crippen LogP contribution in [0.2, 0.25) is 0 Å². The van der Waals surface area contributed by atoms with Gasteiger partial charge in [0.1, 0.15) is 0 Å². The molecule has 0 bridgehead atoms. The fourth-order valence-electron chi connectivity index (χ4n) is 2.23. The molecule has 4 nitrogen and oxygen atoms in total. The normalized spacial score (nSPS) is 11.9. The predicted octanol–water partition coefficient (Wildman–Crippen LogP) is 3.38. The SMILES string of the molecule is Cc1cccc([C@@H](Nc2ncccn2)c2ccccn2)c1. The van der Waals surface area contributed by atoms with Crippen LogP contribution in [0.25, 0.3) is 0 Å². The molecule has 0 aliphatic carbocycles. The maximum Gasteiger partial charge on any atom is 0.223 e. The van der Waals surface area contributed by atoms with Crippen molar-refractivity contribution >= 4 is 5.95 Å². The van der Waals surface area contributed by atoms with Crippen LogP contribution in [0.5, 0.6) is 0 Å². The highest BCUT2D eigenvalue weighted by Crippen LogP contribution is 2.24. The first-order chi connectivity index (χ1) is 10.3. The number of rotatable bonds is 4. The molecule has 0 radical (unpaired) electrons. The Labute approximate surface area is 123 Å². The highest BCUT2D eigenvalue weighted by atomic mass is 15.1. The number of nitrogens with zero attached hydrogens (tertiary/aromatic N) is 3. The van der Waals surface area contributed by atoms with E-state index in [1.54, 1.807) is 24.7 Å². The molecule has 0 unspecified atom stereocenters. The third kappa shape index (κ3) is 3.23. The summed E-state index contributed by atoms with van der Waals surface area (Å²) < 4.78 is 0. The fourth-order valence-corrected chi connectivity index (χ4v) is 2.23. The molecule has 3 rings (SSSR count). The van der Waals surface area contributed by atoms with Crippen LogP contribution in [0.3, 0.4) is 0 Å². The maximum atomic E-state index is 4.46. The van der Waals surface area contributed by atoms with Crippen molar-refractivity contribution in [3.8, 4) is 0 Å². The van der Waals surface area contributed by atoms with Gasteiger partial charge in [-0.1, -0.05) is 35.9 Å². The molecule has 3 aromatic rings. The average molecular weight is 276 g/mol. The molecule has 0 saturated carbocycles. The molecule has 4 heteroatoms. The van der Waals surface area contributed by atoms with Crippen molar-refractivity contribution in [3.63, 3.8) is 0 Å². The summed E-state index contributed by atoms with van der Waals surface area (Å²) in [6.45, 7) is 2.08. The van der Waals surface area contributed by atoms with Gasteiger partial charge in [-0.2, -0.15) is 0 Å². The van der Waals surface area contributed by atoms with Gasteiger partial charge in [0.15, 0.2) is 0 Å². The van der Waals surface area contributed by atoms with Crippen LogP contribution in [0.4, 0.5) is 5.95 Å². The zero-order chi connectivity index (χ0) is 14.5. The van der Waals surface area contributed by atoms with Crippen LogP contribution in [-0.4, -0.2) is 15.0 Å². The Balaban J connectivity index is 1.99. The Kier molecular flexibility index (Phi) is 3.87. The lowest BCUT2D eigenvalue weighted by molar-refractivity contribution is 0.864. The van der Waals surface area contributed by atoms with Crippen LogP contribution in [0, 0.1) is 6.92 Å². The van der Waals surface area contributed by atoms with Crippen molar-refractivity contribution in [2.45, 2.75) is 13.0 Å². The summed E-state index contributed by atoms with van der Waals surface area (Å²) in [6, 6.07) is 16.0. The van der Waals surface area contributed by atoms with E-state index in [2.05, 4.69) is 45.4 Å². The van der Waals surface area contributed by atoms with Gasteiger partial charge >= 0.3 is 0 Å². The predicted molar refractivity (Wildman–Crippen MR) is 82.9 cm³/mol. The van der Waals surface area contributed by atoms with Crippen molar-refractivity contribution in [3.05, 3.63) is 83.9 Å². The summed E-state index contributed by atoms with van der Waals surface area (Å²) in [7, 11) is 0. The Hall–Kier alpha value is -2.75. The van der Waals surface area contributed by atoms with Crippen LogP contribution < -0.4 is 5.32 Å². The summed E-state index contributed by atoms with van der Waals surface area (Å²) >= 11 is 0. The second-order valence-corrected chi connectivity index (χ2v) is 4.82. The Bertz CT molecular complexity index is 698. The fraction of sp³-hybridized carbons (Fsp3) is 0.118. The van der Waals surface area contributed by atoms with Crippen LogP contribution >= 0.6 is 0 Å². The second-order valence-electron chi connectivity index (χ2n) is 4.82. The molecule has 0 aliphatic heterocycles. The van der Waals surface area contributed by atoms with Gasteiger partial charge in [0.2, 0.25) is 5.95 Å². The molecule has 104 valence electrons. The lowest BCUT2D eigenvalue weighted by Crippen LogP contribution is -2.15. The first-order valence-electron chi connectivity index (χ1n) is 6.84. The van der Waals surface area contributed by atoms with E-state index in [0.29, 0.717) is 5.95 Å². The summed E-state index contributed by atoms with van der Waals surface area (Å²) in [5.41, 5.74) is 3.29. The minimum absolute atomic E-state index is 0.0755. The van der Waals surface area contributed by atoms with E-state index in [0.717, 1.165) is 11.3 Å². The van der Waals surface area contributed by atoms with Crippen molar-refractivity contribution in [1.29, 1.82) is 0 Å². The third-order valence-corrected chi connectivity index (χ3v) is 3.20. The summed E-state index contributed by atoms with van der Waals surface area (Å²) in [6.07, 6.45) is 5.24. The number of benzene rings is 1. The summed E-state index contributed by atoms with van der Waals surface area (Å²) in [5, 5.41) is 3.35. The molecule has 0 amide bonds. The molecular formula is C17H16N4. The molecule has 21 heavy (non-hydrogen) atoms. The molecule has 0 saturated heterocycles. The first-order valence-corrected chi connectivity index (χ1v) is 6.84. The number of hydrogen-bond donors (Lipinski definition) is 1. The number of nitrogens with one attached hydrogen (secondary N) is 1. The lowest BCUT2D eigenvalue weighted by atomic mass is 10.0. The number of pyridine rings is 1. The van der Waals surface area contributed by atoms with Crippen molar-refractivity contribution in [2.24, 2.45) is 0 Å². The average Bonchev–Trinajstić information content (AvgIpc) is 2.54. The molecule has 1 atom stereocenters. The van der Waals surface area contributed by atoms with Gasteiger partial charge in [0, 0.05) is 18.6 Å². The van der Waals surface area contributed by atoms with Crippen molar-refractivity contribution < 1.29 is 0 Å². The number of aryl methyl sites for hydroxylation is 1. The quantitative estimate of drug-likeness (QED) is 0.793. The highest BCUT2D eigenvalue weighted by Gasteiger charge is 2.16. The van der Waals surface area contributed by atoms with Crippen molar-refractivity contribution in [2.75, 3.05) is 5.32 Å². The summed E-state index contributed by atoms with van der Waals surface area (Å²) in [5.74, 6) is 0.592. The number of hydrogen-bond acceptors (Lipinski definition) is 4. The lowest BCUT2D eigenvalue weighted by Gasteiger charge is -2.19. The zero-order valence-electron chi connectivity index (χ0n) is 11.8. The standard InChI is InChI=1S/C17H16N4/c1-13-6-4-7-14(12-13)16(15-8-2-3-9-18-15)21-17-19-10-5-11-20-17/h2-12,16H,1H3,(H,19,20,21)/t16-/m1/s1. The van der Waals surface area contributed by atoms with E-state index in [1.807, 2.05) is 24.3 Å². The van der Waals surface area contributed by atoms with Gasteiger partial charge in [-0.15, -0.1) is 0 Å². The molecule has 1 N–H and O–H groups in total. The van der Waals surface area contributed by atoms with Crippen LogP contribution in [0.1, 0.15) is 22.9 Å². The highest BCUT2D eigenvalue weighted by molar-refractivity contribution is 5.39. The Morgan fingerprint density at radius 3 is 2.38 bits per heavy atom. The smallest absolute Gasteiger partial charge is 0.223 e. The largest absolute Gasteiger partial charge is 0.342 e. The van der Waals surface area contributed by atoms with E-state index in [-0.39, 0.29) is 6.04 Å². The van der Waals surface area contributed by atoms with Crippen LogP contribution in [-0.2, 0) is 0 Å². The van der Waals surface area contributed by atoms with E-state index >= 15 is 0 Å². The molecule has 2 aromatic heterocycles. The van der Waals surface area contributed by atoms with Gasteiger partial charge in [-0.3, -0.25) is 4.98 Å². The Morgan fingerprint density at radius 1 is 0.857 bits per heavy atom. The van der Waals surface area contributed by atoms with E-state index in [1.165, 1.54) is 5.56 Å². The molecule has 1 aromatic carbocycles. The summed E-state index contributed by atoms with van der Waals surface area (Å²) in [4.78, 5) is 12.9. The van der Waals surface area contributed by atoms with Gasteiger partial charge < -0.3 is 5.32 Å². The minimum Gasteiger partial charge on any atom is -0.342 e. The first kappa shape index (κ1) is 13.2. The van der Waals surface area contributed by atoms with Gasteiger partial charge in [-0.05, 0) is 30.7 Å². The van der Waals surface area contributed by atoms with Gasteiger partial charge in [0.05, 0.1) is 11.7 Å². The molecule has 0 aliphatic rings. The molecule has 2 heterocycles. The van der Waals surface area contributed by atoms with Gasteiger partial charge in [-0.25, -0.2) is 9.97 Å². The third-order valence-electron chi connectivity index (χ3n) is 3.20. The molecular weight excluding hydrogens is 260 g/mol. The maximum absolute atomic E-state index is 4.46. The second kappa shape index (κ2) is 6.13. The van der Waals surface area contributed by atoms with Crippen molar-refractivity contribution in [1.82, 2.24) is 15.0 Å². The van der Waals surface area contributed by atoms with E-state index in [9.17, 15) is 0 Å².